The number of nitrogen functional groups attached to an aromatic ring is 2. The minimum absolute atomic E-state index is 0. The van der Waals surface area contributed by atoms with Crippen LogP contribution < -0.4 is 11.5 Å². The van der Waals surface area contributed by atoms with E-state index in [4.69, 9.17) is 102 Å². The van der Waals surface area contributed by atoms with Crippen molar-refractivity contribution in [2.75, 3.05) is 64.3 Å². The van der Waals surface area contributed by atoms with E-state index in [0.717, 1.165) is 109 Å². The van der Waals surface area contributed by atoms with E-state index < -0.39 is 0 Å². The number of hydrogen-bond acceptors (Lipinski definition) is 23. The summed E-state index contributed by atoms with van der Waals surface area (Å²) in [5, 5.41) is 38.5. The van der Waals surface area contributed by atoms with Gasteiger partial charge < -0.3 is 49.7 Å². The summed E-state index contributed by atoms with van der Waals surface area (Å²) in [6.07, 6.45) is 11.1. The van der Waals surface area contributed by atoms with E-state index in [1.54, 1.807) is 59.4 Å². The number of nitrogens with zero attached hydrogens (tertiary/aromatic N) is 16. The molecule has 9 aromatic rings. The second kappa shape index (κ2) is 43.2. The van der Waals surface area contributed by atoms with Crippen LogP contribution in [0.2, 0.25) is 0 Å². The maximum atomic E-state index is 9.17. The third kappa shape index (κ3) is 27.0. The van der Waals surface area contributed by atoms with Gasteiger partial charge in [0.25, 0.3) is 0 Å². The Kier molecular flexibility index (Phi) is 33.7. The number of aliphatic hydroxyl groups excluding tert-OH is 1. The first-order valence-corrected chi connectivity index (χ1v) is 33.0. The number of pyridine rings is 4. The van der Waals surface area contributed by atoms with Crippen LogP contribution >= 0.6 is 47.2 Å². The molecule has 4 saturated heterocycles. The molecule has 100 heavy (non-hydrogen) atoms. The van der Waals surface area contributed by atoms with E-state index in [0.29, 0.717) is 110 Å². The Morgan fingerprint density at radius 3 is 1.40 bits per heavy atom. The van der Waals surface area contributed by atoms with Gasteiger partial charge in [0, 0.05) is 48.2 Å². The van der Waals surface area contributed by atoms with Crippen LogP contribution in [0, 0.1) is 35.0 Å². The van der Waals surface area contributed by atoms with E-state index in [2.05, 4.69) is 78.3 Å². The van der Waals surface area contributed by atoms with Gasteiger partial charge in [0.1, 0.15) is 11.4 Å². The number of ether oxygens (including phenoxy) is 7. The molecule has 7 aromatic heterocycles. The molecule has 4 aliphatic heterocycles. The number of azide groups is 1. The average molecular weight is 1440 g/mol. The van der Waals surface area contributed by atoms with E-state index in [1.165, 1.54) is 0 Å². The minimum atomic E-state index is -0.176. The second-order valence-corrected chi connectivity index (χ2v) is 22.8. The molecule has 0 aliphatic carbocycles. The largest absolute Gasteiger partial charge is 0.391 e. The predicted molar refractivity (Wildman–Crippen MR) is 378 cm³/mol. The molecule has 0 radical (unpaired) electrons. The number of aromatic nitrogens is 11. The molecular formula is C70H74Cl4N18O8. The quantitative estimate of drug-likeness (QED) is 0.0222. The van der Waals surface area contributed by atoms with Crippen molar-refractivity contribution in [3.8, 4) is 58.4 Å². The van der Waals surface area contributed by atoms with Crippen molar-refractivity contribution in [3.63, 3.8) is 0 Å². The fraction of sp³-hybridized carbons (Fsp3) is 0.343. The lowest BCUT2D eigenvalue weighted by atomic mass is 10.1. The van der Waals surface area contributed by atoms with Gasteiger partial charge >= 0.3 is 0 Å². The third-order valence-electron chi connectivity index (χ3n) is 14.5. The van der Waals surface area contributed by atoms with Gasteiger partial charge in [-0.2, -0.15) is 10.5 Å². The van der Waals surface area contributed by atoms with Crippen molar-refractivity contribution in [1.29, 1.82) is 10.5 Å². The first kappa shape index (κ1) is 78.0. The summed E-state index contributed by atoms with van der Waals surface area (Å²) in [6.45, 7) is 7.79. The molecule has 4 aliphatic rings. The molecule has 2 aromatic carbocycles. The Labute approximate surface area is 600 Å². The molecule has 13 rings (SSSR count). The number of aliphatic hydroxyl groups is 1. The molecule has 0 amide bonds. The van der Waals surface area contributed by atoms with Crippen molar-refractivity contribution in [3.05, 3.63) is 212 Å². The normalized spacial score (nSPS) is 16.2. The Bertz CT molecular complexity index is 4150. The van der Waals surface area contributed by atoms with Gasteiger partial charge in [0.15, 0.2) is 0 Å². The molecule has 26 nitrogen and oxygen atoms in total. The van der Waals surface area contributed by atoms with Gasteiger partial charge in [-0.15, -0.1) is 58.7 Å². The fourth-order valence-corrected chi connectivity index (χ4v) is 9.96. The summed E-state index contributed by atoms with van der Waals surface area (Å²) >= 11 is 16.8. The predicted octanol–water partition coefficient (Wildman–Crippen LogP) is 11.3. The molecule has 0 saturated carbocycles. The summed E-state index contributed by atoms with van der Waals surface area (Å²) < 4.78 is 39.5. The fourth-order valence-electron chi connectivity index (χ4n) is 9.51. The molecule has 5 N–H and O–H groups in total. The SMILES string of the molecule is C#Cc1cc(-c2cccc(C#N)c2)nc(N)n1.Cl.ClCc1cccc(CCl)n1.ClCc1cccc(CO[C@H]2CCOC2)n1.N#Cc1cccc(-c2cc(-c3cn(Cc4cccc(CO[C@H]5CCOC5)n4)nn3)nc(N)n2)c1.O[C@H]1CCOC1.[N-]=[N+]=NCc1cccc(CO[C@H]2CCOC2)n1. The van der Waals surface area contributed by atoms with Crippen LogP contribution in [0.5, 0.6) is 0 Å². The summed E-state index contributed by atoms with van der Waals surface area (Å²) in [5.41, 5.74) is 32.0. The molecule has 11 heterocycles. The zero-order chi connectivity index (χ0) is 69.8. The summed E-state index contributed by atoms with van der Waals surface area (Å²) in [5.74, 6) is 3.99. The first-order chi connectivity index (χ1) is 48.4. The molecule has 0 spiro atoms. The van der Waals surface area contributed by atoms with Gasteiger partial charge in [0.05, 0.1) is 188 Å². The Hall–Kier alpha value is -9.37. The number of alkyl halides is 3. The lowest BCUT2D eigenvalue weighted by Gasteiger charge is -2.10. The van der Waals surface area contributed by atoms with Gasteiger partial charge in [-0.05, 0) is 116 Å². The maximum absolute atomic E-state index is 9.17. The molecule has 0 bridgehead atoms. The van der Waals surface area contributed by atoms with Crippen molar-refractivity contribution >= 4 is 59.1 Å². The van der Waals surface area contributed by atoms with Crippen molar-refractivity contribution in [1.82, 2.24) is 54.9 Å². The summed E-state index contributed by atoms with van der Waals surface area (Å²) in [6, 6.07) is 44.8. The van der Waals surface area contributed by atoms with E-state index in [-0.39, 0.29) is 55.3 Å². The zero-order valence-corrected chi connectivity index (χ0v) is 57.5. The van der Waals surface area contributed by atoms with E-state index in [1.807, 2.05) is 84.9 Å². The molecule has 30 heteroatoms. The van der Waals surface area contributed by atoms with Gasteiger partial charge in [0.2, 0.25) is 11.9 Å². The highest BCUT2D eigenvalue weighted by atomic mass is 35.5. The van der Waals surface area contributed by atoms with Gasteiger partial charge in [-0.1, -0.05) is 64.8 Å². The molecular weight excluding hydrogens is 1360 g/mol. The first-order valence-electron chi connectivity index (χ1n) is 31.4. The highest BCUT2D eigenvalue weighted by Gasteiger charge is 2.19. The summed E-state index contributed by atoms with van der Waals surface area (Å²) in [4.78, 5) is 36.8. The van der Waals surface area contributed by atoms with Crippen LogP contribution in [0.4, 0.5) is 11.9 Å². The third-order valence-corrected chi connectivity index (χ3v) is 15.3. The molecule has 4 fully saturated rings. The summed E-state index contributed by atoms with van der Waals surface area (Å²) in [7, 11) is 0. The van der Waals surface area contributed by atoms with Crippen molar-refractivity contribution < 1.29 is 38.3 Å². The standard InChI is InChI=1S/C24H22N8O2.C13H8N4.C11H14ClNO2.C11H14N4O2.C7H7Cl2N.C4H8O2.ClH/c25-11-16-3-1-4-17(9-16)21-10-22(29-24(26)28-21)23-13-32(31-30-23)12-18-5-2-6-19(27-18)14-34-20-7-8-33-15-20;1-2-11-7-12(17-13(15)16-11)10-5-3-4-9(6-10)8-14;12-6-9-2-1-3-10(13-9)7-15-11-4-5-14-8-11;12-15-13-6-9-2-1-3-10(14-9)7-17-11-4-5-16-8-11;8-4-6-2-1-3-7(5-9)10-6;5-4-1-2-6-3-4;/h1-6,9-10,13,20H,7-8,12,14-15H2,(H2,26,28,29);1,3-7H,(H2,15,16,17);1-3,11H,4-8H2;1-3,11H,4-8H2;1-3H,4-5H2;4-5H,1-3H2;1H/t20-;;2*11-;;4-;/m0.00.0./s1. The number of halogens is 4. The zero-order valence-electron chi connectivity index (χ0n) is 54.5. The van der Waals surface area contributed by atoms with Crippen LogP contribution in [0.1, 0.15) is 88.1 Å². The van der Waals surface area contributed by atoms with Crippen molar-refractivity contribution in [2.45, 2.75) is 101 Å². The Morgan fingerprint density at radius 1 is 0.540 bits per heavy atom. The number of nitriles is 2. The lowest BCUT2D eigenvalue weighted by molar-refractivity contribution is 0.0300. The smallest absolute Gasteiger partial charge is 0.221 e. The second-order valence-electron chi connectivity index (χ2n) is 22.0. The monoisotopic (exact) mass is 1430 g/mol. The average Bonchev–Trinajstić information content (AvgIpc) is 1.48. The van der Waals surface area contributed by atoms with Crippen LogP contribution in [0.25, 0.3) is 44.3 Å². The van der Waals surface area contributed by atoms with E-state index >= 15 is 0 Å². The molecule has 520 valence electrons. The molecule has 0 unspecified atom stereocenters. The van der Waals surface area contributed by atoms with Gasteiger partial charge in [-0.3, -0.25) is 19.9 Å². The number of rotatable bonds is 19. The maximum Gasteiger partial charge on any atom is 0.221 e. The van der Waals surface area contributed by atoms with E-state index in [9.17, 15) is 5.26 Å². The topological polar surface area (TPSA) is 367 Å². The highest BCUT2D eigenvalue weighted by Crippen LogP contribution is 2.25. The van der Waals surface area contributed by atoms with Crippen LogP contribution in [0.3, 0.4) is 0 Å². The lowest BCUT2D eigenvalue weighted by Crippen LogP contribution is -2.13. The van der Waals surface area contributed by atoms with Crippen LogP contribution in [0.15, 0.2) is 145 Å². The Balaban J connectivity index is 0.000000182. The number of hydrogen-bond donors (Lipinski definition) is 3. The number of nitrogens with two attached hydrogens (primary N) is 2. The molecule has 4 atom stereocenters. The number of anilines is 2. The highest BCUT2D eigenvalue weighted by molar-refractivity contribution is 6.17. The van der Waals surface area contributed by atoms with Gasteiger partial charge in [-0.25, -0.2) is 24.6 Å². The Morgan fingerprint density at radius 2 is 0.960 bits per heavy atom. The number of terminal acetylenes is 1. The van der Waals surface area contributed by atoms with Crippen LogP contribution in [-0.2, 0) is 83.7 Å². The number of benzene rings is 2. The van der Waals surface area contributed by atoms with Crippen molar-refractivity contribution in [2.24, 2.45) is 5.11 Å². The minimum Gasteiger partial charge on any atom is -0.391 e. The van der Waals surface area contributed by atoms with Crippen LogP contribution in [-0.4, -0.2) is 137 Å².